The lowest BCUT2D eigenvalue weighted by molar-refractivity contribution is -0.144. The molecule has 0 saturated heterocycles. The van der Waals surface area contributed by atoms with Gasteiger partial charge in [0.2, 0.25) is 0 Å². The van der Waals surface area contributed by atoms with Crippen LogP contribution in [0.25, 0.3) is 0 Å². The number of hydrogen-bond acceptors (Lipinski definition) is 3. The number of hydrogen-bond donors (Lipinski definition) is 3. The lowest BCUT2D eigenvalue weighted by Crippen LogP contribution is -2.57. The van der Waals surface area contributed by atoms with Gasteiger partial charge in [0.25, 0.3) is 0 Å². The number of nitrogens with one attached hydrogen (secondary N) is 1. The van der Waals surface area contributed by atoms with Gasteiger partial charge in [-0.3, -0.25) is 0 Å². The van der Waals surface area contributed by atoms with Crippen LogP contribution in [0.15, 0.2) is 0 Å². The fourth-order valence-corrected chi connectivity index (χ4v) is 1.33. The van der Waals surface area contributed by atoms with Gasteiger partial charge in [-0.1, -0.05) is 13.8 Å². The quantitative estimate of drug-likeness (QED) is 0.613. The predicted molar refractivity (Wildman–Crippen MR) is 59.2 cm³/mol. The molecule has 0 atom stereocenters. The summed E-state index contributed by atoms with van der Waals surface area (Å²) in [7, 11) is 1.50. The molecule has 0 heterocycles. The van der Waals surface area contributed by atoms with E-state index in [2.05, 4.69) is 5.32 Å². The van der Waals surface area contributed by atoms with Gasteiger partial charge >= 0.3 is 12.0 Å². The number of aliphatic carboxylic acids is 1. The highest BCUT2D eigenvalue weighted by Crippen LogP contribution is 2.15. The van der Waals surface area contributed by atoms with Crippen molar-refractivity contribution in [2.75, 3.05) is 20.2 Å². The van der Waals surface area contributed by atoms with Crippen molar-refractivity contribution in [3.63, 3.8) is 0 Å². The summed E-state index contributed by atoms with van der Waals surface area (Å²) in [5.41, 5.74) is -1.22. The molecule has 0 aromatic heterocycles. The minimum atomic E-state index is -1.22. The van der Waals surface area contributed by atoms with Gasteiger partial charge in [0.15, 0.2) is 0 Å². The third-order valence-corrected chi connectivity index (χ3v) is 2.74. The number of carboxylic acid groups (broad SMARTS) is 1. The number of likely N-dealkylation sites (N-methyl/N-ethyl adjacent to an activating group) is 1. The van der Waals surface area contributed by atoms with E-state index < -0.39 is 17.5 Å². The first kappa shape index (κ1) is 14.7. The normalized spacial score (nSPS) is 11.0. The van der Waals surface area contributed by atoms with Gasteiger partial charge in [0.1, 0.15) is 5.54 Å². The first-order chi connectivity index (χ1) is 7.43. The van der Waals surface area contributed by atoms with Crippen LogP contribution in [-0.2, 0) is 4.79 Å². The number of carbonyl (C=O) groups is 2. The molecule has 6 heteroatoms. The average Bonchev–Trinajstić information content (AvgIpc) is 2.25. The molecule has 0 rings (SSSR count). The lowest BCUT2D eigenvalue weighted by atomic mass is 9.93. The molecule has 0 aromatic carbocycles. The number of amides is 2. The largest absolute Gasteiger partial charge is 0.480 e. The Kier molecular flexibility index (Phi) is 5.81. The molecule has 0 fully saturated rings. The fourth-order valence-electron chi connectivity index (χ4n) is 1.33. The summed E-state index contributed by atoms with van der Waals surface area (Å²) in [5.74, 6) is -1.04. The van der Waals surface area contributed by atoms with E-state index in [1.165, 1.54) is 11.9 Å². The van der Waals surface area contributed by atoms with E-state index in [1.54, 1.807) is 13.8 Å². The van der Waals surface area contributed by atoms with Crippen LogP contribution >= 0.6 is 0 Å². The van der Waals surface area contributed by atoms with Crippen molar-refractivity contribution in [3.05, 3.63) is 0 Å². The first-order valence-corrected chi connectivity index (χ1v) is 5.31. The maximum atomic E-state index is 11.6. The van der Waals surface area contributed by atoms with Gasteiger partial charge in [0, 0.05) is 13.6 Å². The summed E-state index contributed by atoms with van der Waals surface area (Å²) < 4.78 is 0. The highest BCUT2D eigenvalue weighted by Gasteiger charge is 2.36. The molecule has 0 aliphatic rings. The van der Waals surface area contributed by atoms with Crippen molar-refractivity contribution in [1.29, 1.82) is 0 Å². The fraction of sp³-hybridized carbons (Fsp3) is 0.800. The second-order valence-electron chi connectivity index (χ2n) is 3.67. The molecule has 6 nitrogen and oxygen atoms in total. The molecule has 2 amide bonds. The number of aliphatic hydroxyl groups excluding tert-OH is 1. The number of nitrogens with zero attached hydrogens (tertiary/aromatic N) is 1. The zero-order valence-electron chi connectivity index (χ0n) is 9.99. The molecule has 16 heavy (non-hydrogen) atoms. The molecule has 0 unspecified atom stereocenters. The van der Waals surface area contributed by atoms with Crippen LogP contribution in [0.5, 0.6) is 0 Å². The Labute approximate surface area is 95.2 Å². The number of urea groups is 1. The van der Waals surface area contributed by atoms with Crippen LogP contribution in [0.4, 0.5) is 4.79 Å². The molecule has 0 saturated carbocycles. The smallest absolute Gasteiger partial charge is 0.329 e. The zero-order chi connectivity index (χ0) is 12.8. The van der Waals surface area contributed by atoms with Crippen LogP contribution in [0.1, 0.15) is 26.7 Å². The predicted octanol–water partition coefficient (Wildman–Crippen LogP) is 0.263. The Hall–Kier alpha value is -1.30. The van der Waals surface area contributed by atoms with E-state index in [1.807, 2.05) is 0 Å². The van der Waals surface area contributed by atoms with Crippen LogP contribution in [0.3, 0.4) is 0 Å². The molecular formula is C10H20N2O4. The molecule has 0 bridgehead atoms. The summed E-state index contributed by atoms with van der Waals surface area (Å²) in [6.07, 6.45) is 0.634. The summed E-state index contributed by atoms with van der Waals surface area (Å²) in [4.78, 5) is 24.0. The van der Waals surface area contributed by atoms with E-state index in [-0.39, 0.29) is 13.2 Å². The SMILES string of the molecule is CCC(CC)(NC(=O)N(C)CCO)C(=O)O. The van der Waals surface area contributed by atoms with Gasteiger partial charge in [-0.2, -0.15) is 0 Å². The minimum Gasteiger partial charge on any atom is -0.480 e. The summed E-state index contributed by atoms with van der Waals surface area (Å²) in [5, 5.41) is 20.3. The van der Waals surface area contributed by atoms with Crippen LogP contribution in [0, 0.1) is 0 Å². The second kappa shape index (κ2) is 6.32. The van der Waals surface area contributed by atoms with Gasteiger partial charge in [0.05, 0.1) is 6.61 Å². The Balaban J connectivity index is 4.64. The number of carbonyl (C=O) groups excluding carboxylic acids is 1. The van der Waals surface area contributed by atoms with Crippen LogP contribution in [0.2, 0.25) is 0 Å². The monoisotopic (exact) mass is 232 g/mol. The maximum absolute atomic E-state index is 11.6. The molecule has 0 aliphatic carbocycles. The van der Waals surface area contributed by atoms with Gasteiger partial charge in [-0.25, -0.2) is 9.59 Å². The molecule has 0 spiro atoms. The Morgan fingerprint density at radius 2 is 1.81 bits per heavy atom. The number of rotatable bonds is 6. The molecule has 94 valence electrons. The standard InChI is InChI=1S/C10H20N2O4/c1-4-10(5-2,8(14)15)11-9(16)12(3)6-7-13/h13H,4-7H2,1-3H3,(H,11,16)(H,14,15). The summed E-state index contributed by atoms with van der Waals surface area (Å²) >= 11 is 0. The van der Waals surface area contributed by atoms with E-state index in [0.717, 1.165) is 0 Å². The Bertz CT molecular complexity index is 251. The number of carboxylic acids is 1. The van der Waals surface area contributed by atoms with Crippen LogP contribution in [-0.4, -0.2) is 52.9 Å². The Morgan fingerprint density at radius 1 is 1.31 bits per heavy atom. The van der Waals surface area contributed by atoms with Gasteiger partial charge in [-0.05, 0) is 12.8 Å². The van der Waals surface area contributed by atoms with Gasteiger partial charge < -0.3 is 20.4 Å². The van der Waals surface area contributed by atoms with Crippen molar-refractivity contribution in [2.24, 2.45) is 0 Å². The maximum Gasteiger partial charge on any atom is 0.329 e. The van der Waals surface area contributed by atoms with Crippen molar-refractivity contribution in [3.8, 4) is 0 Å². The Morgan fingerprint density at radius 3 is 2.12 bits per heavy atom. The summed E-state index contributed by atoms with van der Waals surface area (Å²) in [6, 6.07) is -0.486. The van der Waals surface area contributed by atoms with Crippen molar-refractivity contribution >= 4 is 12.0 Å². The van der Waals surface area contributed by atoms with Crippen LogP contribution < -0.4 is 5.32 Å². The van der Waals surface area contributed by atoms with E-state index >= 15 is 0 Å². The molecule has 0 aromatic rings. The second-order valence-corrected chi connectivity index (χ2v) is 3.67. The molecule has 0 radical (unpaired) electrons. The molecular weight excluding hydrogens is 212 g/mol. The van der Waals surface area contributed by atoms with Crippen molar-refractivity contribution in [2.45, 2.75) is 32.2 Å². The average molecular weight is 232 g/mol. The lowest BCUT2D eigenvalue weighted by Gasteiger charge is -2.30. The first-order valence-electron chi connectivity index (χ1n) is 5.31. The highest BCUT2D eigenvalue weighted by atomic mass is 16.4. The van der Waals surface area contributed by atoms with E-state index in [0.29, 0.717) is 12.8 Å². The van der Waals surface area contributed by atoms with Crippen molar-refractivity contribution < 1.29 is 19.8 Å². The minimum absolute atomic E-state index is 0.151. The third kappa shape index (κ3) is 3.37. The number of aliphatic hydroxyl groups is 1. The topological polar surface area (TPSA) is 89.9 Å². The molecule has 3 N–H and O–H groups in total. The zero-order valence-corrected chi connectivity index (χ0v) is 9.99. The van der Waals surface area contributed by atoms with E-state index in [9.17, 15) is 9.59 Å². The van der Waals surface area contributed by atoms with Crippen molar-refractivity contribution in [1.82, 2.24) is 10.2 Å². The van der Waals surface area contributed by atoms with Gasteiger partial charge in [-0.15, -0.1) is 0 Å². The third-order valence-electron chi connectivity index (χ3n) is 2.74. The summed E-state index contributed by atoms with van der Waals surface area (Å²) in [6.45, 7) is 3.45. The highest BCUT2D eigenvalue weighted by molar-refractivity contribution is 5.86. The van der Waals surface area contributed by atoms with E-state index in [4.69, 9.17) is 10.2 Å². The molecule has 0 aliphatic heterocycles.